The number of nitrogens with one attached hydrogen (secondary N) is 2. The van der Waals surface area contributed by atoms with Crippen LogP contribution < -0.4 is 15.0 Å². The summed E-state index contributed by atoms with van der Waals surface area (Å²) in [5.74, 6) is 0.304. The second-order valence-electron chi connectivity index (χ2n) is 6.17. The molecule has 2 rings (SSSR count). The molecular weight excluding hydrogens is 319 g/mol. The monoisotopic (exact) mass is 345 g/mol. The Bertz CT molecular complexity index is 719. The van der Waals surface area contributed by atoms with Crippen LogP contribution in [0.4, 0.5) is 10.1 Å². The SMILES string of the molecule is CCC[NH+](CC(=O)Nc1ccccc1C)Cc1cc(F)ccc1OC. The Labute approximate surface area is 148 Å². The smallest absolute Gasteiger partial charge is 0.279 e. The van der Waals surface area contributed by atoms with Gasteiger partial charge in [0.15, 0.2) is 6.54 Å². The Balaban J connectivity index is 2.06. The zero-order chi connectivity index (χ0) is 18.2. The van der Waals surface area contributed by atoms with Gasteiger partial charge in [-0.1, -0.05) is 25.1 Å². The number of carbonyl (C=O) groups is 1. The fraction of sp³-hybridized carbons (Fsp3) is 0.350. The van der Waals surface area contributed by atoms with E-state index in [4.69, 9.17) is 4.74 Å². The van der Waals surface area contributed by atoms with E-state index in [-0.39, 0.29) is 11.7 Å². The van der Waals surface area contributed by atoms with Gasteiger partial charge in [0, 0.05) is 5.69 Å². The average Bonchev–Trinajstić information content (AvgIpc) is 2.57. The van der Waals surface area contributed by atoms with Crippen molar-refractivity contribution < 1.29 is 18.8 Å². The molecule has 0 bridgehead atoms. The summed E-state index contributed by atoms with van der Waals surface area (Å²) in [5.41, 5.74) is 2.63. The summed E-state index contributed by atoms with van der Waals surface area (Å²) in [5, 5.41) is 2.96. The van der Waals surface area contributed by atoms with Crippen molar-refractivity contribution in [3.05, 3.63) is 59.4 Å². The normalized spacial score (nSPS) is 11.8. The van der Waals surface area contributed by atoms with E-state index >= 15 is 0 Å². The summed E-state index contributed by atoms with van der Waals surface area (Å²) in [4.78, 5) is 13.5. The molecule has 25 heavy (non-hydrogen) atoms. The van der Waals surface area contributed by atoms with E-state index in [9.17, 15) is 9.18 Å². The molecule has 0 aromatic heterocycles. The van der Waals surface area contributed by atoms with E-state index in [2.05, 4.69) is 12.2 Å². The maximum Gasteiger partial charge on any atom is 0.279 e. The first kappa shape index (κ1) is 18.9. The molecule has 0 aliphatic heterocycles. The van der Waals surface area contributed by atoms with Gasteiger partial charge in [-0.15, -0.1) is 0 Å². The Kier molecular flexibility index (Phi) is 6.95. The van der Waals surface area contributed by atoms with Crippen LogP contribution in [-0.4, -0.2) is 26.1 Å². The van der Waals surface area contributed by atoms with Crippen molar-refractivity contribution in [1.29, 1.82) is 0 Å². The van der Waals surface area contributed by atoms with Crippen LogP contribution in [0, 0.1) is 12.7 Å². The van der Waals surface area contributed by atoms with Gasteiger partial charge in [0.25, 0.3) is 5.91 Å². The Morgan fingerprint density at radius 2 is 2.00 bits per heavy atom. The highest BCUT2D eigenvalue weighted by Crippen LogP contribution is 2.18. The zero-order valence-electron chi connectivity index (χ0n) is 15.1. The predicted molar refractivity (Wildman–Crippen MR) is 97.5 cm³/mol. The van der Waals surface area contributed by atoms with E-state index in [0.29, 0.717) is 18.8 Å². The van der Waals surface area contributed by atoms with Crippen molar-refractivity contribution in [2.75, 3.05) is 25.5 Å². The fourth-order valence-corrected chi connectivity index (χ4v) is 2.88. The summed E-state index contributed by atoms with van der Waals surface area (Å²) in [6, 6.07) is 12.2. The molecule has 2 N–H and O–H groups in total. The lowest BCUT2D eigenvalue weighted by atomic mass is 10.1. The number of hydrogen-bond donors (Lipinski definition) is 2. The molecule has 2 aromatic rings. The number of ether oxygens (including phenoxy) is 1. The summed E-state index contributed by atoms with van der Waals surface area (Å²) in [7, 11) is 1.57. The van der Waals surface area contributed by atoms with Crippen LogP contribution in [0.25, 0.3) is 0 Å². The molecule has 0 spiro atoms. The van der Waals surface area contributed by atoms with E-state index in [1.54, 1.807) is 13.2 Å². The lowest BCUT2D eigenvalue weighted by molar-refractivity contribution is -0.905. The molecule has 0 aliphatic carbocycles. The van der Waals surface area contributed by atoms with Crippen LogP contribution in [0.15, 0.2) is 42.5 Å². The van der Waals surface area contributed by atoms with Gasteiger partial charge in [-0.2, -0.15) is 0 Å². The molecule has 134 valence electrons. The van der Waals surface area contributed by atoms with Crippen molar-refractivity contribution in [2.24, 2.45) is 0 Å². The number of quaternary nitrogens is 1. The summed E-state index contributed by atoms with van der Waals surface area (Å²) in [6.07, 6.45) is 0.935. The summed E-state index contributed by atoms with van der Waals surface area (Å²) in [6.45, 7) is 5.71. The number of halogens is 1. The number of para-hydroxylation sites is 1. The third-order valence-corrected chi connectivity index (χ3v) is 4.12. The lowest BCUT2D eigenvalue weighted by Crippen LogP contribution is -3.11. The van der Waals surface area contributed by atoms with E-state index in [1.807, 2.05) is 31.2 Å². The molecule has 2 aromatic carbocycles. The van der Waals surface area contributed by atoms with Crippen LogP contribution in [0.2, 0.25) is 0 Å². The molecule has 5 heteroatoms. The second-order valence-corrected chi connectivity index (χ2v) is 6.17. The number of methoxy groups -OCH3 is 1. The molecule has 0 aliphatic rings. The number of hydrogen-bond acceptors (Lipinski definition) is 2. The van der Waals surface area contributed by atoms with Gasteiger partial charge in [0.05, 0.1) is 19.2 Å². The maximum atomic E-state index is 13.6. The largest absolute Gasteiger partial charge is 0.496 e. The first-order valence-electron chi connectivity index (χ1n) is 8.55. The lowest BCUT2D eigenvalue weighted by Gasteiger charge is -2.20. The van der Waals surface area contributed by atoms with Crippen LogP contribution in [0.3, 0.4) is 0 Å². The Morgan fingerprint density at radius 1 is 1.24 bits per heavy atom. The van der Waals surface area contributed by atoms with Gasteiger partial charge < -0.3 is 15.0 Å². The second kappa shape index (κ2) is 9.18. The number of amides is 1. The highest BCUT2D eigenvalue weighted by atomic mass is 19.1. The number of aryl methyl sites for hydroxylation is 1. The molecule has 4 nitrogen and oxygen atoms in total. The third kappa shape index (κ3) is 5.57. The van der Waals surface area contributed by atoms with Gasteiger partial charge in [0.2, 0.25) is 0 Å². The number of rotatable bonds is 8. The van der Waals surface area contributed by atoms with E-state index < -0.39 is 0 Å². The molecule has 1 unspecified atom stereocenters. The average molecular weight is 345 g/mol. The quantitative estimate of drug-likeness (QED) is 0.772. The fourth-order valence-electron chi connectivity index (χ4n) is 2.88. The molecule has 0 radical (unpaired) electrons. The van der Waals surface area contributed by atoms with Crippen molar-refractivity contribution in [3.63, 3.8) is 0 Å². The first-order chi connectivity index (χ1) is 12.0. The highest BCUT2D eigenvalue weighted by Gasteiger charge is 2.17. The maximum absolute atomic E-state index is 13.6. The number of carbonyl (C=O) groups excluding carboxylic acids is 1. The minimum absolute atomic E-state index is 0.0480. The minimum Gasteiger partial charge on any atom is -0.496 e. The minimum atomic E-state index is -0.295. The third-order valence-electron chi connectivity index (χ3n) is 4.12. The molecule has 0 fully saturated rings. The zero-order valence-corrected chi connectivity index (χ0v) is 15.1. The van der Waals surface area contributed by atoms with Gasteiger partial charge in [0.1, 0.15) is 18.1 Å². The Hall–Kier alpha value is -2.40. The summed E-state index contributed by atoms with van der Waals surface area (Å²) >= 11 is 0. The highest BCUT2D eigenvalue weighted by molar-refractivity contribution is 5.92. The van der Waals surface area contributed by atoms with Gasteiger partial charge in [-0.25, -0.2) is 4.39 Å². The van der Waals surface area contributed by atoms with Crippen molar-refractivity contribution in [2.45, 2.75) is 26.8 Å². The van der Waals surface area contributed by atoms with Crippen LogP contribution in [0.5, 0.6) is 5.75 Å². The van der Waals surface area contributed by atoms with Crippen LogP contribution in [0.1, 0.15) is 24.5 Å². The van der Waals surface area contributed by atoms with Crippen LogP contribution >= 0.6 is 0 Å². The van der Waals surface area contributed by atoms with Gasteiger partial charge in [-0.3, -0.25) is 4.79 Å². The molecule has 0 saturated heterocycles. The van der Waals surface area contributed by atoms with Crippen LogP contribution in [-0.2, 0) is 11.3 Å². The number of benzene rings is 2. The van der Waals surface area contributed by atoms with E-state index in [1.165, 1.54) is 12.1 Å². The molecule has 0 heterocycles. The standard InChI is InChI=1S/C20H25FN2O2/c1-4-11-23(13-16-12-17(21)9-10-19(16)25-3)14-20(24)22-18-8-6-5-7-15(18)2/h5-10,12H,4,11,13-14H2,1-3H3,(H,22,24)/p+1. The topological polar surface area (TPSA) is 42.8 Å². The van der Waals surface area contributed by atoms with E-state index in [0.717, 1.165) is 34.7 Å². The van der Waals surface area contributed by atoms with Crippen molar-refractivity contribution in [1.82, 2.24) is 0 Å². The summed E-state index contributed by atoms with van der Waals surface area (Å²) < 4.78 is 18.9. The molecule has 1 amide bonds. The van der Waals surface area contributed by atoms with Crippen molar-refractivity contribution in [3.8, 4) is 5.75 Å². The molecule has 1 atom stereocenters. The van der Waals surface area contributed by atoms with Crippen molar-refractivity contribution >= 4 is 11.6 Å². The first-order valence-corrected chi connectivity index (χ1v) is 8.55. The van der Waals surface area contributed by atoms with Gasteiger partial charge in [-0.05, 0) is 43.2 Å². The molecular formula is C20H26FN2O2+. The van der Waals surface area contributed by atoms with Gasteiger partial charge >= 0.3 is 0 Å². The molecule has 0 saturated carbocycles. The Morgan fingerprint density at radius 3 is 2.68 bits per heavy atom. The number of anilines is 1. The predicted octanol–water partition coefficient (Wildman–Crippen LogP) is 2.58.